The Bertz CT molecular complexity index is 1020. The van der Waals surface area contributed by atoms with Crippen LogP contribution in [0.3, 0.4) is 0 Å². The Labute approximate surface area is 222 Å². The minimum atomic E-state index is 0.339. The first-order valence-electron chi connectivity index (χ1n) is 13.9. The van der Waals surface area contributed by atoms with Crippen molar-refractivity contribution in [3.8, 4) is 0 Å². The van der Waals surface area contributed by atoms with Gasteiger partial charge in [-0.15, -0.1) is 0 Å². The van der Waals surface area contributed by atoms with Gasteiger partial charge in [-0.25, -0.2) is 0 Å². The molecule has 0 spiro atoms. The Morgan fingerprint density at radius 1 is 0.944 bits per heavy atom. The van der Waals surface area contributed by atoms with Crippen LogP contribution in [-0.4, -0.2) is 79.0 Å². The van der Waals surface area contributed by atoms with Gasteiger partial charge in [-0.3, -0.25) is 9.69 Å². The third-order valence-electron chi connectivity index (χ3n) is 8.50. The minimum Gasteiger partial charge on any atom is -0.368 e. The maximum atomic E-state index is 13.3. The van der Waals surface area contributed by atoms with Gasteiger partial charge in [0.05, 0.1) is 0 Å². The van der Waals surface area contributed by atoms with Crippen LogP contribution in [0.2, 0.25) is 5.02 Å². The molecule has 36 heavy (non-hydrogen) atoms. The maximum Gasteiger partial charge on any atom is 0.222 e. The molecule has 2 atom stereocenters. The Hall–Kier alpha value is -2.08. The SMILES string of the molecule is Cc1ccccc1N1CCN(C(=O)CC[C@H]2CN(Cc3cccc(Cl)c3)CC[C@H]2N2CCCC2)CC1. The number of halogens is 1. The Balaban J connectivity index is 1.16. The normalized spacial score (nSPS) is 23.8. The highest BCUT2D eigenvalue weighted by molar-refractivity contribution is 6.30. The van der Waals surface area contributed by atoms with Crippen molar-refractivity contribution in [1.29, 1.82) is 0 Å². The van der Waals surface area contributed by atoms with Gasteiger partial charge < -0.3 is 14.7 Å². The number of hydrogen-bond acceptors (Lipinski definition) is 4. The third-order valence-corrected chi connectivity index (χ3v) is 8.74. The first kappa shape index (κ1) is 25.6. The first-order chi connectivity index (χ1) is 17.6. The van der Waals surface area contributed by atoms with Gasteiger partial charge in [0.15, 0.2) is 0 Å². The lowest BCUT2D eigenvalue weighted by Crippen LogP contribution is -2.51. The molecular weight excluding hydrogens is 468 g/mol. The van der Waals surface area contributed by atoms with Gasteiger partial charge in [0.25, 0.3) is 0 Å². The molecule has 3 saturated heterocycles. The number of rotatable bonds is 7. The van der Waals surface area contributed by atoms with E-state index in [2.05, 4.69) is 62.9 Å². The predicted octanol–water partition coefficient (Wildman–Crippen LogP) is 5.06. The Morgan fingerprint density at radius 3 is 2.47 bits per heavy atom. The van der Waals surface area contributed by atoms with E-state index in [1.54, 1.807) is 0 Å². The highest BCUT2D eigenvalue weighted by Gasteiger charge is 2.35. The molecule has 2 aromatic rings. The lowest BCUT2D eigenvalue weighted by molar-refractivity contribution is -0.132. The monoisotopic (exact) mass is 508 g/mol. The van der Waals surface area contributed by atoms with Crippen molar-refractivity contribution in [3.05, 3.63) is 64.7 Å². The summed E-state index contributed by atoms with van der Waals surface area (Å²) in [7, 11) is 0. The standard InChI is InChI=1S/C30H41ClN4O/c1-24-7-2-3-10-28(24)34-17-19-35(20-18-34)30(36)12-11-26-23-32(22-25-8-6-9-27(31)21-25)16-13-29(26)33-14-4-5-15-33/h2-3,6-10,21,26,29H,4-5,11-20,22-23H2,1H3/t26-,29+/m0/s1. The molecule has 3 aliphatic rings. The molecular formula is C30H41ClN4O. The van der Waals surface area contributed by atoms with Gasteiger partial charge >= 0.3 is 0 Å². The molecule has 0 radical (unpaired) electrons. The molecule has 194 valence electrons. The molecule has 5 rings (SSSR count). The average molecular weight is 509 g/mol. The summed E-state index contributed by atoms with van der Waals surface area (Å²) >= 11 is 6.24. The summed E-state index contributed by atoms with van der Waals surface area (Å²) in [4.78, 5) is 23.1. The van der Waals surface area contributed by atoms with Crippen molar-refractivity contribution >= 4 is 23.2 Å². The summed E-state index contributed by atoms with van der Waals surface area (Å²) in [6, 6.07) is 17.4. The van der Waals surface area contributed by atoms with Gasteiger partial charge in [-0.2, -0.15) is 0 Å². The maximum absolute atomic E-state index is 13.3. The van der Waals surface area contributed by atoms with Crippen LogP contribution < -0.4 is 4.90 Å². The van der Waals surface area contributed by atoms with Crippen LogP contribution in [0.25, 0.3) is 0 Å². The number of benzene rings is 2. The van der Waals surface area contributed by atoms with Gasteiger partial charge in [0, 0.05) is 62.4 Å². The smallest absolute Gasteiger partial charge is 0.222 e. The molecule has 3 aliphatic heterocycles. The number of carbonyl (C=O) groups is 1. The van der Waals surface area contributed by atoms with E-state index in [9.17, 15) is 4.79 Å². The number of aryl methyl sites for hydroxylation is 1. The van der Waals surface area contributed by atoms with E-state index >= 15 is 0 Å². The molecule has 3 heterocycles. The van der Waals surface area contributed by atoms with E-state index < -0.39 is 0 Å². The minimum absolute atomic E-state index is 0.339. The second kappa shape index (κ2) is 12.0. The molecule has 5 nitrogen and oxygen atoms in total. The fourth-order valence-corrected chi connectivity index (χ4v) is 6.76. The number of para-hydroxylation sites is 1. The van der Waals surface area contributed by atoms with Crippen LogP contribution in [-0.2, 0) is 11.3 Å². The summed E-state index contributed by atoms with van der Waals surface area (Å²) in [6.07, 6.45) is 5.50. The molecule has 0 aliphatic carbocycles. The number of piperidine rings is 1. The molecule has 0 bridgehead atoms. The topological polar surface area (TPSA) is 30.0 Å². The molecule has 3 fully saturated rings. The largest absolute Gasteiger partial charge is 0.368 e. The summed E-state index contributed by atoms with van der Waals surface area (Å²) in [5.74, 6) is 0.889. The number of piperazine rings is 1. The zero-order valence-electron chi connectivity index (χ0n) is 21.7. The van der Waals surface area contributed by atoms with Crippen molar-refractivity contribution < 1.29 is 4.79 Å². The van der Waals surface area contributed by atoms with Crippen molar-refractivity contribution in [2.75, 3.05) is 57.3 Å². The van der Waals surface area contributed by atoms with Gasteiger partial charge in [-0.05, 0) is 87.5 Å². The lowest BCUT2D eigenvalue weighted by Gasteiger charge is -2.43. The quantitative estimate of drug-likeness (QED) is 0.522. The fourth-order valence-electron chi connectivity index (χ4n) is 6.55. The van der Waals surface area contributed by atoms with Gasteiger partial charge in [0.2, 0.25) is 5.91 Å². The third kappa shape index (κ3) is 6.24. The molecule has 0 saturated carbocycles. The highest BCUT2D eigenvalue weighted by atomic mass is 35.5. The van der Waals surface area contributed by atoms with E-state index in [4.69, 9.17) is 11.6 Å². The number of amides is 1. The van der Waals surface area contributed by atoms with E-state index in [0.29, 0.717) is 24.3 Å². The number of carbonyl (C=O) groups excluding carboxylic acids is 1. The summed E-state index contributed by atoms with van der Waals surface area (Å²) in [6.45, 7) is 11.3. The highest BCUT2D eigenvalue weighted by Crippen LogP contribution is 2.30. The van der Waals surface area contributed by atoms with E-state index in [0.717, 1.165) is 57.3 Å². The summed E-state index contributed by atoms with van der Waals surface area (Å²) in [5, 5.41) is 0.809. The van der Waals surface area contributed by atoms with Crippen LogP contribution in [0.4, 0.5) is 5.69 Å². The molecule has 0 aromatic heterocycles. The zero-order chi connectivity index (χ0) is 24.9. The number of hydrogen-bond donors (Lipinski definition) is 0. The fraction of sp³-hybridized carbons (Fsp3) is 0.567. The van der Waals surface area contributed by atoms with Crippen LogP contribution in [0.1, 0.15) is 43.2 Å². The number of nitrogens with zero attached hydrogens (tertiary/aromatic N) is 4. The molecule has 1 amide bonds. The van der Waals surface area contributed by atoms with E-state index in [-0.39, 0.29) is 0 Å². The molecule has 0 unspecified atom stereocenters. The van der Waals surface area contributed by atoms with Crippen LogP contribution in [0, 0.1) is 12.8 Å². The zero-order valence-corrected chi connectivity index (χ0v) is 22.5. The van der Waals surface area contributed by atoms with Crippen LogP contribution >= 0.6 is 11.6 Å². The van der Waals surface area contributed by atoms with Crippen molar-refractivity contribution in [2.45, 2.75) is 51.6 Å². The van der Waals surface area contributed by atoms with Crippen molar-refractivity contribution in [3.63, 3.8) is 0 Å². The van der Waals surface area contributed by atoms with Gasteiger partial charge in [0.1, 0.15) is 0 Å². The molecule has 0 N–H and O–H groups in total. The summed E-state index contributed by atoms with van der Waals surface area (Å²) < 4.78 is 0. The van der Waals surface area contributed by atoms with Crippen molar-refractivity contribution in [2.24, 2.45) is 5.92 Å². The van der Waals surface area contributed by atoms with E-state index in [1.165, 1.54) is 49.2 Å². The number of likely N-dealkylation sites (tertiary alicyclic amines) is 2. The average Bonchev–Trinajstić information content (AvgIpc) is 3.43. The van der Waals surface area contributed by atoms with Crippen LogP contribution in [0.5, 0.6) is 0 Å². The second-order valence-electron chi connectivity index (χ2n) is 10.9. The van der Waals surface area contributed by atoms with Crippen LogP contribution in [0.15, 0.2) is 48.5 Å². The first-order valence-corrected chi connectivity index (χ1v) is 14.2. The molecule has 2 aromatic carbocycles. The molecule has 6 heteroatoms. The second-order valence-corrected chi connectivity index (χ2v) is 11.4. The lowest BCUT2D eigenvalue weighted by atomic mass is 9.86. The summed E-state index contributed by atoms with van der Waals surface area (Å²) in [5.41, 5.74) is 3.90. The van der Waals surface area contributed by atoms with Crippen molar-refractivity contribution in [1.82, 2.24) is 14.7 Å². The van der Waals surface area contributed by atoms with Gasteiger partial charge in [-0.1, -0.05) is 41.9 Å². The van der Waals surface area contributed by atoms with E-state index in [1.807, 2.05) is 12.1 Å². The number of anilines is 1. The predicted molar refractivity (Wildman–Crippen MR) is 149 cm³/mol. The Kier molecular flexibility index (Phi) is 8.51. The Morgan fingerprint density at radius 2 is 1.72 bits per heavy atom.